The molecule has 0 fully saturated rings. The fraction of sp³-hybridized carbons (Fsp3) is 0.0481. The maximum absolute atomic E-state index is 4.69. The average molecular weight is 1500 g/mol. The van der Waals surface area contributed by atoms with E-state index in [1.165, 1.54) is 137 Å². The van der Waals surface area contributed by atoms with Crippen LogP contribution in [0.1, 0.15) is 27.8 Å². The zero-order valence-corrected chi connectivity index (χ0v) is 64.7. The molecule has 116 heavy (non-hydrogen) atoms. The van der Waals surface area contributed by atoms with Gasteiger partial charge in [0.05, 0.1) is 44.6 Å². The topological polar surface area (TPSA) is 115 Å². The van der Waals surface area contributed by atoms with Crippen LogP contribution >= 0.6 is 0 Å². The molecule has 0 aliphatic carbocycles. The highest BCUT2D eigenvalue weighted by Crippen LogP contribution is 2.40. The van der Waals surface area contributed by atoms with Gasteiger partial charge in [-0.3, -0.25) is 32.8 Å². The van der Waals surface area contributed by atoms with Gasteiger partial charge in [-0.2, -0.15) is 0 Å². The number of hydrogen-bond acceptors (Lipinski definition) is 7. The summed E-state index contributed by atoms with van der Waals surface area (Å²) in [6, 6.07) is 115. The zero-order valence-electron chi connectivity index (χ0n) is 64.7. The predicted molar refractivity (Wildman–Crippen MR) is 481 cm³/mol. The first-order valence-electron chi connectivity index (χ1n) is 39.0. The lowest BCUT2D eigenvalue weighted by molar-refractivity contribution is 1.12. The minimum absolute atomic E-state index is 0.967. The van der Waals surface area contributed by atoms with Gasteiger partial charge in [0.25, 0.3) is 0 Å². The summed E-state index contributed by atoms with van der Waals surface area (Å²) in [5.41, 5.74) is 27.8. The van der Waals surface area contributed by atoms with Gasteiger partial charge >= 0.3 is 0 Å². The number of pyridine rings is 7. The number of nitrogens with zero attached hydrogens (tertiary/aromatic N) is 12. The van der Waals surface area contributed by atoms with E-state index in [-0.39, 0.29) is 0 Å². The Bertz CT molecular complexity index is 7190. The van der Waals surface area contributed by atoms with E-state index in [1.807, 2.05) is 123 Å². The third-order valence-corrected chi connectivity index (χ3v) is 21.7. The maximum atomic E-state index is 4.69. The molecule has 0 saturated heterocycles. The second kappa shape index (κ2) is 30.8. The Kier molecular flexibility index (Phi) is 18.9. The summed E-state index contributed by atoms with van der Waals surface area (Å²) >= 11 is 0. The zero-order chi connectivity index (χ0) is 78.2. The van der Waals surface area contributed by atoms with Gasteiger partial charge in [0.1, 0.15) is 28.2 Å². The molecule has 0 aliphatic heterocycles. The van der Waals surface area contributed by atoms with E-state index < -0.39 is 0 Å². The molecule has 12 nitrogen and oxygen atoms in total. The van der Waals surface area contributed by atoms with Crippen LogP contribution in [0.15, 0.2) is 383 Å². The molecule has 0 unspecified atom stereocenters. The van der Waals surface area contributed by atoms with Crippen LogP contribution in [0, 0.1) is 34.6 Å². The number of benzene rings is 11. The minimum Gasteiger partial charge on any atom is -0.294 e. The van der Waals surface area contributed by atoms with E-state index in [0.29, 0.717) is 0 Å². The van der Waals surface area contributed by atoms with Crippen LogP contribution in [0.5, 0.6) is 0 Å². The van der Waals surface area contributed by atoms with Gasteiger partial charge in [-0.1, -0.05) is 179 Å². The lowest BCUT2D eigenvalue weighted by atomic mass is 10.0. The first-order valence-corrected chi connectivity index (χ1v) is 39.0. The Morgan fingerprint density at radius 1 is 0.181 bits per heavy atom. The van der Waals surface area contributed by atoms with E-state index in [0.717, 1.165) is 61.9 Å². The Labute approximate surface area is 670 Å². The standard InChI is InChI=1S/C24H18N2.C23H17N3.C22H16N2.C18H14N2.C17H13N3/c1-17-9-11-18(12-10-17)19-13-14-23-22(16-19)21-8-5-15-25-24(21)26(23)20-6-3-2-4-7-20;1-16-4-6-17(7-5-16)18-8-9-22-21(15-18)20-3-2-12-25-23(20)26(22)19-10-13-24-14-11-19;1-15-11-12-21-19(14-15)18-9-5-13-23-22(18)24(21)20-10-4-7-16-6-2-3-8-17(16)20;1-13-9-10-17-16(12-13)15-8-5-11-19-18(15)20(17)14-6-3-2-4-7-14;1-12-4-5-16-15(11-12)14-3-2-8-19-17(14)20(16)13-6-9-18-10-7-13/h2-16H,1H3;2-15H,1H3;2-14H,1H3;2-12H,1H3;2-11H,1H3. The highest BCUT2D eigenvalue weighted by molar-refractivity contribution is 6.13. The number of para-hydroxylation sites is 2. The van der Waals surface area contributed by atoms with Gasteiger partial charge in [0.15, 0.2) is 0 Å². The van der Waals surface area contributed by atoms with E-state index in [9.17, 15) is 0 Å². The molecule has 0 amide bonds. The van der Waals surface area contributed by atoms with Gasteiger partial charge in [-0.15, -0.1) is 0 Å². The van der Waals surface area contributed by atoms with Crippen LogP contribution in [0.3, 0.4) is 0 Å². The number of fused-ring (bicyclic) bond motifs is 16. The van der Waals surface area contributed by atoms with Crippen LogP contribution in [0.25, 0.3) is 171 Å². The molecule has 11 aromatic carbocycles. The van der Waals surface area contributed by atoms with Crippen LogP contribution in [-0.4, -0.2) is 57.7 Å². The Morgan fingerprint density at radius 3 is 0.828 bits per heavy atom. The van der Waals surface area contributed by atoms with Crippen molar-refractivity contribution in [3.63, 3.8) is 0 Å². The molecule has 12 heterocycles. The first kappa shape index (κ1) is 71.1. The van der Waals surface area contributed by atoms with Gasteiger partial charge in [0.2, 0.25) is 0 Å². The largest absolute Gasteiger partial charge is 0.294 e. The second-order valence-corrected chi connectivity index (χ2v) is 29.4. The first-order chi connectivity index (χ1) is 57.1. The van der Waals surface area contributed by atoms with E-state index in [1.54, 1.807) is 0 Å². The van der Waals surface area contributed by atoms with Crippen LogP contribution in [0.2, 0.25) is 0 Å². The van der Waals surface area contributed by atoms with Crippen molar-refractivity contribution in [3.05, 3.63) is 411 Å². The quantitative estimate of drug-likeness (QED) is 0.156. The van der Waals surface area contributed by atoms with E-state index in [4.69, 9.17) is 4.98 Å². The molecule has 0 N–H and O–H groups in total. The molecule has 12 heteroatoms. The summed E-state index contributed by atoms with van der Waals surface area (Å²) in [7, 11) is 0. The minimum atomic E-state index is 0.967. The molecule has 0 aliphatic rings. The maximum Gasteiger partial charge on any atom is 0.145 e. The predicted octanol–water partition coefficient (Wildman–Crippen LogP) is 25.7. The number of aromatic nitrogens is 12. The monoisotopic (exact) mass is 1490 g/mol. The molecule has 0 atom stereocenters. The molecular formula is C104H78N12. The molecule has 0 saturated carbocycles. The fourth-order valence-electron chi connectivity index (χ4n) is 16.3. The van der Waals surface area contributed by atoms with Crippen LogP contribution < -0.4 is 0 Å². The van der Waals surface area contributed by atoms with Crippen molar-refractivity contribution in [3.8, 4) is 50.7 Å². The molecule has 23 rings (SSSR count). The third kappa shape index (κ3) is 13.4. The van der Waals surface area contributed by atoms with E-state index >= 15 is 0 Å². The normalized spacial score (nSPS) is 11.3. The van der Waals surface area contributed by atoms with Gasteiger partial charge < -0.3 is 0 Å². The van der Waals surface area contributed by atoms with Crippen molar-refractivity contribution in [2.75, 3.05) is 0 Å². The van der Waals surface area contributed by atoms with Crippen molar-refractivity contribution in [1.29, 1.82) is 0 Å². The summed E-state index contributed by atoms with van der Waals surface area (Å²) in [6.45, 7) is 10.6. The molecule has 0 radical (unpaired) electrons. The van der Waals surface area contributed by atoms with Crippen LogP contribution in [0.4, 0.5) is 0 Å². The molecule has 554 valence electrons. The number of hydrogen-bond donors (Lipinski definition) is 0. The number of aryl methyl sites for hydroxylation is 5. The van der Waals surface area contributed by atoms with Crippen molar-refractivity contribution in [1.82, 2.24) is 57.7 Å². The van der Waals surface area contributed by atoms with E-state index in [2.05, 4.69) is 348 Å². The summed E-state index contributed by atoms with van der Waals surface area (Å²) < 4.78 is 11.1. The van der Waals surface area contributed by atoms with Crippen molar-refractivity contribution < 1.29 is 0 Å². The van der Waals surface area contributed by atoms with Crippen molar-refractivity contribution in [2.45, 2.75) is 34.6 Å². The average Bonchev–Trinajstić information content (AvgIpc) is 1.57. The van der Waals surface area contributed by atoms with Gasteiger partial charge in [0, 0.05) is 126 Å². The smallest absolute Gasteiger partial charge is 0.145 e. The Balaban J connectivity index is 0.0000000972. The lowest BCUT2D eigenvalue weighted by Gasteiger charge is -2.10. The highest BCUT2D eigenvalue weighted by atomic mass is 15.1. The SMILES string of the molecule is Cc1ccc(-c2ccc3c(c2)c2cccnc2n3-c2ccccc2)cc1.Cc1ccc(-c2ccc3c(c2)c2cccnc2n3-c2ccncc2)cc1.Cc1ccc2c(c1)c1cccnc1n2-c1cccc2ccccc12.Cc1ccc2c(c1)c1cccnc1n2-c1ccccc1.Cc1ccc2c(c1)c1cccnc1n2-c1ccncc1. The Hall–Kier alpha value is -15.3. The summed E-state index contributed by atoms with van der Waals surface area (Å²) in [5.74, 6) is 0. The molecular weight excluding hydrogens is 1420 g/mol. The summed E-state index contributed by atoms with van der Waals surface area (Å²) in [5, 5.41) is 14.6. The Morgan fingerprint density at radius 2 is 0.457 bits per heavy atom. The van der Waals surface area contributed by atoms with Crippen LogP contribution in [-0.2, 0) is 0 Å². The van der Waals surface area contributed by atoms with Crippen molar-refractivity contribution in [2.24, 2.45) is 0 Å². The molecule has 0 spiro atoms. The number of rotatable bonds is 7. The fourth-order valence-corrected chi connectivity index (χ4v) is 16.3. The lowest BCUT2D eigenvalue weighted by Crippen LogP contribution is -1.96. The second-order valence-electron chi connectivity index (χ2n) is 29.4. The van der Waals surface area contributed by atoms with Gasteiger partial charge in [-0.25, -0.2) is 24.9 Å². The molecule has 0 bridgehead atoms. The molecule has 12 aromatic heterocycles. The van der Waals surface area contributed by atoms with Gasteiger partial charge in [-0.05, 0) is 238 Å². The summed E-state index contributed by atoms with van der Waals surface area (Å²) in [4.78, 5) is 31.4. The van der Waals surface area contributed by atoms with Crippen molar-refractivity contribution >= 4 is 120 Å². The summed E-state index contributed by atoms with van der Waals surface area (Å²) in [6.07, 6.45) is 16.5. The molecule has 23 aromatic rings. The third-order valence-electron chi connectivity index (χ3n) is 21.7. The highest BCUT2D eigenvalue weighted by Gasteiger charge is 2.20.